The average molecular weight is 351 g/mol. The highest BCUT2D eigenvalue weighted by Crippen LogP contribution is 2.23. The average Bonchev–Trinajstić information content (AvgIpc) is 2.73. The maximum absolute atomic E-state index is 12.8. The van der Waals surface area contributed by atoms with E-state index in [4.69, 9.17) is 0 Å². The minimum Gasteiger partial charge on any atom is -0.342 e. The molecule has 1 aromatic heterocycles. The van der Waals surface area contributed by atoms with Crippen molar-refractivity contribution in [3.8, 4) is 0 Å². The highest BCUT2D eigenvalue weighted by molar-refractivity contribution is 5.95. The van der Waals surface area contributed by atoms with Crippen molar-refractivity contribution in [2.24, 2.45) is 5.92 Å². The van der Waals surface area contributed by atoms with E-state index in [1.165, 1.54) is 6.42 Å². The molecule has 0 spiro atoms. The Morgan fingerprint density at radius 2 is 1.58 bits per heavy atom. The standard InChI is InChI=1S/C21H25N3O2/c25-20(23-12-4-1-5-13-23)17-10-14-24(15-11-17)21(26)19-9-8-16-6-2-3-7-18(16)22-19/h2-3,6-9,17H,1,4-5,10-15H2. The number of fused-ring (bicyclic) bond motifs is 1. The van der Waals surface area contributed by atoms with Crippen LogP contribution in [-0.2, 0) is 4.79 Å². The van der Waals surface area contributed by atoms with E-state index in [0.29, 0.717) is 24.7 Å². The lowest BCUT2D eigenvalue weighted by Gasteiger charge is -2.35. The van der Waals surface area contributed by atoms with E-state index in [1.54, 1.807) is 6.07 Å². The fourth-order valence-corrected chi connectivity index (χ4v) is 4.05. The number of nitrogens with zero attached hydrogens (tertiary/aromatic N) is 3. The number of hydrogen-bond acceptors (Lipinski definition) is 3. The molecule has 2 amide bonds. The Morgan fingerprint density at radius 1 is 0.846 bits per heavy atom. The molecular weight excluding hydrogens is 326 g/mol. The Kier molecular flexibility index (Phi) is 4.87. The summed E-state index contributed by atoms with van der Waals surface area (Å²) >= 11 is 0. The first kappa shape index (κ1) is 17.0. The zero-order valence-electron chi connectivity index (χ0n) is 15.1. The van der Waals surface area contributed by atoms with Gasteiger partial charge in [0.2, 0.25) is 5.91 Å². The van der Waals surface area contributed by atoms with Crippen molar-refractivity contribution in [2.45, 2.75) is 32.1 Å². The Hall–Kier alpha value is -2.43. The van der Waals surface area contributed by atoms with Crippen LogP contribution in [-0.4, -0.2) is 52.8 Å². The zero-order chi connectivity index (χ0) is 17.9. The second-order valence-electron chi connectivity index (χ2n) is 7.34. The first-order valence-corrected chi connectivity index (χ1v) is 9.66. The zero-order valence-corrected chi connectivity index (χ0v) is 15.1. The van der Waals surface area contributed by atoms with Crippen LogP contribution in [0.25, 0.3) is 10.9 Å². The van der Waals surface area contributed by atoms with Gasteiger partial charge in [0.25, 0.3) is 5.91 Å². The maximum Gasteiger partial charge on any atom is 0.272 e. The number of likely N-dealkylation sites (tertiary alicyclic amines) is 2. The van der Waals surface area contributed by atoms with E-state index in [2.05, 4.69) is 4.98 Å². The van der Waals surface area contributed by atoms with Crippen molar-refractivity contribution in [3.63, 3.8) is 0 Å². The lowest BCUT2D eigenvalue weighted by Crippen LogP contribution is -2.45. The van der Waals surface area contributed by atoms with Crippen LogP contribution >= 0.6 is 0 Å². The highest BCUT2D eigenvalue weighted by Gasteiger charge is 2.31. The predicted molar refractivity (Wildman–Crippen MR) is 101 cm³/mol. The molecule has 0 atom stereocenters. The topological polar surface area (TPSA) is 53.5 Å². The van der Waals surface area contributed by atoms with Crippen LogP contribution < -0.4 is 0 Å². The molecule has 2 aromatic rings. The molecule has 26 heavy (non-hydrogen) atoms. The van der Waals surface area contributed by atoms with Gasteiger partial charge in [-0.25, -0.2) is 4.98 Å². The highest BCUT2D eigenvalue weighted by atomic mass is 16.2. The van der Waals surface area contributed by atoms with Crippen molar-refractivity contribution in [1.82, 2.24) is 14.8 Å². The number of carbonyl (C=O) groups is 2. The first-order chi connectivity index (χ1) is 12.7. The van der Waals surface area contributed by atoms with E-state index >= 15 is 0 Å². The van der Waals surface area contributed by atoms with Crippen LogP contribution in [0.15, 0.2) is 36.4 Å². The maximum atomic E-state index is 12.8. The minimum atomic E-state index is -0.0281. The van der Waals surface area contributed by atoms with E-state index in [9.17, 15) is 9.59 Å². The molecule has 0 N–H and O–H groups in total. The summed E-state index contributed by atoms with van der Waals surface area (Å²) < 4.78 is 0. The predicted octanol–water partition coefficient (Wildman–Crippen LogP) is 3.10. The number of rotatable bonds is 2. The van der Waals surface area contributed by atoms with Gasteiger partial charge in [-0.05, 0) is 44.2 Å². The van der Waals surface area contributed by atoms with Crippen LogP contribution in [0, 0.1) is 5.92 Å². The minimum absolute atomic E-state index is 0.0281. The van der Waals surface area contributed by atoms with Crippen molar-refractivity contribution in [3.05, 3.63) is 42.1 Å². The number of piperidine rings is 2. The number of pyridine rings is 1. The Labute approximate surface area is 154 Å². The third-order valence-corrected chi connectivity index (χ3v) is 5.62. The number of hydrogen-bond donors (Lipinski definition) is 0. The molecule has 2 saturated heterocycles. The Morgan fingerprint density at radius 3 is 2.35 bits per heavy atom. The van der Waals surface area contributed by atoms with Gasteiger partial charge in [-0.15, -0.1) is 0 Å². The summed E-state index contributed by atoms with van der Waals surface area (Å²) in [4.78, 5) is 33.8. The summed E-state index contributed by atoms with van der Waals surface area (Å²) in [6.07, 6.45) is 4.99. The molecule has 0 bridgehead atoms. The van der Waals surface area contributed by atoms with Gasteiger partial charge in [0.05, 0.1) is 5.52 Å². The quantitative estimate of drug-likeness (QED) is 0.835. The first-order valence-electron chi connectivity index (χ1n) is 9.66. The largest absolute Gasteiger partial charge is 0.342 e. The molecular formula is C21H25N3O2. The molecule has 0 unspecified atom stereocenters. The molecule has 0 radical (unpaired) electrons. The van der Waals surface area contributed by atoms with E-state index in [0.717, 1.165) is 49.7 Å². The van der Waals surface area contributed by atoms with Crippen LogP contribution in [0.2, 0.25) is 0 Å². The van der Waals surface area contributed by atoms with E-state index < -0.39 is 0 Å². The van der Waals surface area contributed by atoms with Crippen LogP contribution in [0.3, 0.4) is 0 Å². The molecule has 136 valence electrons. The third kappa shape index (κ3) is 3.43. The summed E-state index contributed by atoms with van der Waals surface area (Å²) in [5.41, 5.74) is 1.33. The van der Waals surface area contributed by atoms with Gasteiger partial charge in [0.1, 0.15) is 5.69 Å². The number of amides is 2. The third-order valence-electron chi connectivity index (χ3n) is 5.62. The Bertz CT molecular complexity index is 806. The molecule has 5 heteroatoms. The molecule has 4 rings (SSSR count). The van der Waals surface area contributed by atoms with Crippen LogP contribution in [0.4, 0.5) is 0 Å². The summed E-state index contributed by atoms with van der Waals surface area (Å²) in [7, 11) is 0. The Balaban J connectivity index is 1.39. The number of benzene rings is 1. The molecule has 2 aliphatic heterocycles. The summed E-state index contributed by atoms with van der Waals surface area (Å²) in [5, 5.41) is 1.04. The lowest BCUT2D eigenvalue weighted by atomic mass is 9.94. The molecule has 1 aromatic carbocycles. The van der Waals surface area contributed by atoms with Crippen LogP contribution in [0.1, 0.15) is 42.6 Å². The van der Waals surface area contributed by atoms with Crippen molar-refractivity contribution in [1.29, 1.82) is 0 Å². The summed E-state index contributed by atoms with van der Waals surface area (Å²) in [6, 6.07) is 11.6. The molecule has 2 fully saturated rings. The normalized spacial score (nSPS) is 18.9. The fraction of sp³-hybridized carbons (Fsp3) is 0.476. The van der Waals surface area contributed by atoms with Crippen molar-refractivity contribution in [2.75, 3.05) is 26.2 Å². The van der Waals surface area contributed by atoms with E-state index in [-0.39, 0.29) is 11.8 Å². The SMILES string of the molecule is O=C(c1ccc2ccccc2n1)N1CCC(C(=O)N2CCCCC2)CC1. The van der Waals surface area contributed by atoms with Crippen molar-refractivity contribution >= 4 is 22.7 Å². The summed E-state index contributed by atoms with van der Waals surface area (Å²) in [5.74, 6) is 0.335. The fourth-order valence-electron chi connectivity index (χ4n) is 4.05. The van der Waals surface area contributed by atoms with Gasteiger partial charge in [0, 0.05) is 37.5 Å². The van der Waals surface area contributed by atoms with Gasteiger partial charge in [-0.2, -0.15) is 0 Å². The lowest BCUT2D eigenvalue weighted by molar-refractivity contribution is -0.137. The van der Waals surface area contributed by atoms with Gasteiger partial charge in [-0.3, -0.25) is 9.59 Å². The van der Waals surface area contributed by atoms with E-state index in [1.807, 2.05) is 40.1 Å². The van der Waals surface area contributed by atoms with Gasteiger partial charge in [-0.1, -0.05) is 24.3 Å². The molecule has 0 aliphatic carbocycles. The number of carbonyl (C=O) groups excluding carboxylic acids is 2. The van der Waals surface area contributed by atoms with Crippen LogP contribution in [0.5, 0.6) is 0 Å². The number of para-hydroxylation sites is 1. The summed E-state index contributed by atoms with van der Waals surface area (Å²) in [6.45, 7) is 3.08. The van der Waals surface area contributed by atoms with Gasteiger partial charge < -0.3 is 9.80 Å². The van der Waals surface area contributed by atoms with Gasteiger partial charge >= 0.3 is 0 Å². The molecule has 5 nitrogen and oxygen atoms in total. The molecule has 3 heterocycles. The molecule has 2 aliphatic rings. The second-order valence-corrected chi connectivity index (χ2v) is 7.34. The monoisotopic (exact) mass is 351 g/mol. The van der Waals surface area contributed by atoms with Gasteiger partial charge in [0.15, 0.2) is 0 Å². The van der Waals surface area contributed by atoms with Crippen molar-refractivity contribution < 1.29 is 9.59 Å². The number of aromatic nitrogens is 1. The second kappa shape index (κ2) is 7.44. The molecule has 0 saturated carbocycles. The smallest absolute Gasteiger partial charge is 0.272 e.